The van der Waals surface area contributed by atoms with E-state index in [1.807, 2.05) is 36.5 Å². The molecule has 0 bridgehead atoms. The number of H-pyrrole nitrogens is 1. The zero-order valence-corrected chi connectivity index (χ0v) is 14.9. The Morgan fingerprint density at radius 2 is 2.15 bits per heavy atom. The number of nitrogens with one attached hydrogen (secondary N) is 2. The summed E-state index contributed by atoms with van der Waals surface area (Å²) in [7, 11) is 0. The molecule has 2 N–H and O–H groups in total. The molecule has 0 amide bonds. The molecule has 0 radical (unpaired) electrons. The third-order valence-electron chi connectivity index (χ3n) is 4.18. The molecule has 27 heavy (non-hydrogen) atoms. The number of aromatic amines is 1. The van der Waals surface area contributed by atoms with Gasteiger partial charge in [0.15, 0.2) is 5.82 Å². The minimum Gasteiger partial charge on any atom is -0.403 e. The van der Waals surface area contributed by atoms with E-state index in [1.54, 1.807) is 6.20 Å². The van der Waals surface area contributed by atoms with Crippen molar-refractivity contribution in [1.29, 1.82) is 5.26 Å². The van der Waals surface area contributed by atoms with Gasteiger partial charge >= 0.3 is 6.01 Å². The summed E-state index contributed by atoms with van der Waals surface area (Å²) in [6.45, 7) is 4.31. The number of aromatic nitrogens is 5. The maximum Gasteiger partial charge on any atom is 0.316 e. The third kappa shape index (κ3) is 3.22. The van der Waals surface area contributed by atoms with Crippen molar-refractivity contribution in [2.24, 2.45) is 0 Å². The van der Waals surface area contributed by atoms with Gasteiger partial charge in [0.2, 0.25) is 5.89 Å². The van der Waals surface area contributed by atoms with Crippen molar-refractivity contribution in [1.82, 2.24) is 25.1 Å². The minimum atomic E-state index is 0.103. The number of rotatable bonds is 5. The Morgan fingerprint density at radius 3 is 2.96 bits per heavy atom. The molecule has 0 atom stereocenters. The molecule has 0 spiro atoms. The van der Waals surface area contributed by atoms with Crippen LogP contribution in [-0.2, 0) is 0 Å². The molecule has 3 heterocycles. The van der Waals surface area contributed by atoms with Crippen LogP contribution in [0.5, 0.6) is 0 Å². The Bertz CT molecular complexity index is 1140. The van der Waals surface area contributed by atoms with Gasteiger partial charge in [-0.15, -0.1) is 5.10 Å². The molecule has 4 rings (SSSR count). The Balaban J connectivity index is 1.74. The molecule has 8 heteroatoms. The molecule has 4 aromatic rings. The second-order valence-electron chi connectivity index (χ2n) is 6.35. The van der Waals surface area contributed by atoms with Crippen molar-refractivity contribution in [3.8, 4) is 28.9 Å². The first-order valence-corrected chi connectivity index (χ1v) is 8.55. The number of nitriles is 1. The van der Waals surface area contributed by atoms with Crippen LogP contribution in [0.15, 0.2) is 41.1 Å². The summed E-state index contributed by atoms with van der Waals surface area (Å²) < 4.78 is 5.57. The molecule has 1 aromatic carbocycles. The van der Waals surface area contributed by atoms with Crippen molar-refractivity contribution in [2.75, 3.05) is 11.9 Å². The van der Waals surface area contributed by atoms with Crippen molar-refractivity contribution in [3.63, 3.8) is 0 Å². The highest BCUT2D eigenvalue weighted by Crippen LogP contribution is 2.31. The molecule has 0 aliphatic heterocycles. The first-order valence-electron chi connectivity index (χ1n) is 8.55. The van der Waals surface area contributed by atoms with Gasteiger partial charge in [-0.05, 0) is 30.2 Å². The van der Waals surface area contributed by atoms with Crippen molar-refractivity contribution in [3.05, 3.63) is 42.4 Å². The zero-order valence-electron chi connectivity index (χ0n) is 14.9. The number of fused-ring (bicyclic) bond motifs is 1. The highest BCUT2D eigenvalue weighted by atomic mass is 16.4. The topological polar surface area (TPSA) is 116 Å². The van der Waals surface area contributed by atoms with Gasteiger partial charge in [0.25, 0.3) is 0 Å². The molecule has 0 unspecified atom stereocenters. The van der Waals surface area contributed by atoms with Crippen molar-refractivity contribution in [2.45, 2.75) is 19.8 Å². The predicted molar refractivity (Wildman–Crippen MR) is 101 cm³/mol. The summed E-state index contributed by atoms with van der Waals surface area (Å²) >= 11 is 0. The van der Waals surface area contributed by atoms with E-state index in [0.29, 0.717) is 17.6 Å². The Labute approximate surface area is 155 Å². The fourth-order valence-corrected chi connectivity index (χ4v) is 2.79. The lowest BCUT2D eigenvalue weighted by atomic mass is 10.1. The van der Waals surface area contributed by atoms with E-state index in [4.69, 9.17) is 9.68 Å². The Kier molecular flexibility index (Phi) is 4.26. The van der Waals surface area contributed by atoms with E-state index in [-0.39, 0.29) is 12.6 Å². The van der Waals surface area contributed by atoms with Crippen LogP contribution in [0, 0.1) is 11.3 Å². The second kappa shape index (κ2) is 6.88. The van der Waals surface area contributed by atoms with Gasteiger partial charge in [-0.1, -0.05) is 18.9 Å². The van der Waals surface area contributed by atoms with Crippen molar-refractivity contribution >= 4 is 16.9 Å². The van der Waals surface area contributed by atoms with Gasteiger partial charge in [-0.25, -0.2) is 9.97 Å². The lowest BCUT2D eigenvalue weighted by Gasteiger charge is -2.06. The lowest BCUT2D eigenvalue weighted by Crippen LogP contribution is -1.97. The van der Waals surface area contributed by atoms with E-state index < -0.39 is 0 Å². The average molecular weight is 359 g/mol. The van der Waals surface area contributed by atoms with Gasteiger partial charge in [0, 0.05) is 40.1 Å². The smallest absolute Gasteiger partial charge is 0.316 e. The summed E-state index contributed by atoms with van der Waals surface area (Å²) in [5.74, 6) is 1.37. The summed E-state index contributed by atoms with van der Waals surface area (Å²) in [6, 6.07) is 9.93. The fraction of sp³-hybridized carbons (Fsp3) is 0.211. The first kappa shape index (κ1) is 16.7. The SMILES string of the molecule is CC(C)c1ccnc(-c2c[nH]c3ccc(-c4nnc(NCC#N)o4)cc23)n1. The molecule has 0 saturated heterocycles. The predicted octanol–water partition coefficient (Wildman–Crippen LogP) is 3.73. The summed E-state index contributed by atoms with van der Waals surface area (Å²) in [4.78, 5) is 12.4. The molecular weight excluding hydrogens is 342 g/mol. The molecule has 0 saturated carbocycles. The summed E-state index contributed by atoms with van der Waals surface area (Å²) in [5.41, 5.74) is 3.66. The van der Waals surface area contributed by atoms with Crippen LogP contribution in [0.3, 0.4) is 0 Å². The number of hydrogen-bond acceptors (Lipinski definition) is 7. The van der Waals surface area contributed by atoms with Gasteiger partial charge in [-0.2, -0.15) is 5.26 Å². The quantitative estimate of drug-likeness (QED) is 0.521. The van der Waals surface area contributed by atoms with E-state index in [1.165, 1.54) is 0 Å². The Hall–Kier alpha value is -3.73. The molecule has 8 nitrogen and oxygen atoms in total. The monoisotopic (exact) mass is 359 g/mol. The van der Waals surface area contributed by atoms with Crippen LogP contribution in [0.2, 0.25) is 0 Å². The molecule has 3 aromatic heterocycles. The lowest BCUT2D eigenvalue weighted by molar-refractivity contribution is 0.584. The van der Waals surface area contributed by atoms with Gasteiger partial charge in [0.05, 0.1) is 6.07 Å². The highest BCUT2D eigenvalue weighted by molar-refractivity contribution is 5.96. The minimum absolute atomic E-state index is 0.103. The molecular formula is C19H17N7O. The van der Waals surface area contributed by atoms with Gasteiger partial charge in [0.1, 0.15) is 6.54 Å². The normalized spacial score (nSPS) is 11.0. The zero-order chi connectivity index (χ0) is 18.8. The molecule has 0 aliphatic rings. The van der Waals surface area contributed by atoms with Crippen LogP contribution >= 0.6 is 0 Å². The maximum absolute atomic E-state index is 8.62. The first-order chi connectivity index (χ1) is 13.2. The highest BCUT2D eigenvalue weighted by Gasteiger charge is 2.14. The largest absolute Gasteiger partial charge is 0.403 e. The van der Waals surface area contributed by atoms with E-state index in [0.717, 1.165) is 27.7 Å². The standard InChI is InChI=1S/C19H17N7O/c1-11(2)15-5-7-21-17(24-15)14-10-23-16-4-3-12(9-13(14)16)18-25-26-19(27-18)22-8-6-20/h3-5,7,9-11,23H,8H2,1-2H3,(H,22,26). The molecule has 134 valence electrons. The van der Waals surface area contributed by atoms with Crippen LogP contribution in [0.4, 0.5) is 6.01 Å². The third-order valence-corrected chi connectivity index (χ3v) is 4.18. The van der Waals surface area contributed by atoms with Crippen LogP contribution < -0.4 is 5.32 Å². The van der Waals surface area contributed by atoms with Crippen LogP contribution in [-0.4, -0.2) is 31.7 Å². The average Bonchev–Trinajstić information content (AvgIpc) is 3.33. The second-order valence-corrected chi connectivity index (χ2v) is 6.35. The number of anilines is 1. The van der Waals surface area contributed by atoms with Crippen LogP contribution in [0.25, 0.3) is 33.7 Å². The summed E-state index contributed by atoms with van der Waals surface area (Å²) in [5, 5.41) is 20.3. The fourth-order valence-electron chi connectivity index (χ4n) is 2.79. The Morgan fingerprint density at radius 1 is 1.26 bits per heavy atom. The van der Waals surface area contributed by atoms with E-state index >= 15 is 0 Å². The number of benzene rings is 1. The van der Waals surface area contributed by atoms with Crippen molar-refractivity contribution < 1.29 is 4.42 Å². The summed E-state index contributed by atoms with van der Waals surface area (Å²) in [6.07, 6.45) is 3.69. The van der Waals surface area contributed by atoms with Crippen LogP contribution in [0.1, 0.15) is 25.5 Å². The van der Waals surface area contributed by atoms with E-state index in [2.05, 4.69) is 44.3 Å². The van der Waals surface area contributed by atoms with E-state index in [9.17, 15) is 0 Å². The number of hydrogen-bond donors (Lipinski definition) is 2. The van der Waals surface area contributed by atoms with Gasteiger partial charge in [-0.3, -0.25) is 0 Å². The molecule has 0 aliphatic carbocycles. The molecule has 0 fully saturated rings. The number of nitrogens with zero attached hydrogens (tertiary/aromatic N) is 5. The van der Waals surface area contributed by atoms with Gasteiger partial charge < -0.3 is 14.7 Å². The maximum atomic E-state index is 8.62.